The molecule has 1 aliphatic carbocycles. The van der Waals surface area contributed by atoms with Crippen molar-refractivity contribution in [1.82, 2.24) is 0 Å². The minimum absolute atomic E-state index is 0.00352. The van der Waals surface area contributed by atoms with E-state index in [1.165, 1.54) is 12.8 Å². The van der Waals surface area contributed by atoms with Crippen molar-refractivity contribution in [1.29, 1.82) is 0 Å². The van der Waals surface area contributed by atoms with Gasteiger partial charge in [0.25, 0.3) is 0 Å². The number of rotatable bonds is 1. The summed E-state index contributed by atoms with van der Waals surface area (Å²) >= 11 is 1.89. The van der Waals surface area contributed by atoms with Crippen molar-refractivity contribution in [2.45, 2.75) is 37.0 Å². The summed E-state index contributed by atoms with van der Waals surface area (Å²) in [6.07, 6.45) is 6.68. The number of thioether (sulfide) groups is 1. The van der Waals surface area contributed by atoms with Crippen LogP contribution in [0.25, 0.3) is 0 Å². The molecule has 9 heavy (non-hydrogen) atoms. The highest BCUT2D eigenvalue weighted by atomic mass is 32.2. The third-order valence-corrected chi connectivity index (χ3v) is 3.03. The fraction of sp³-hybridized carbons (Fsp3) is 1.00. The molecular formula is C7H14OS. The molecule has 0 aliphatic heterocycles. The van der Waals surface area contributed by atoms with Gasteiger partial charge in [-0.3, -0.25) is 0 Å². The van der Waals surface area contributed by atoms with Crippen molar-refractivity contribution in [3.63, 3.8) is 0 Å². The largest absolute Gasteiger partial charge is 0.393 e. The van der Waals surface area contributed by atoms with Gasteiger partial charge in [-0.15, -0.1) is 0 Å². The zero-order chi connectivity index (χ0) is 6.69. The standard InChI is InChI=1S/C7H14OS/c1-9-7-4-2-3-6(8)5-7/h6-8H,2-5H2,1H3. The van der Waals surface area contributed by atoms with E-state index in [-0.39, 0.29) is 6.10 Å². The normalized spacial score (nSPS) is 36.7. The van der Waals surface area contributed by atoms with Crippen LogP contribution in [-0.4, -0.2) is 22.7 Å². The minimum Gasteiger partial charge on any atom is -0.393 e. The highest BCUT2D eigenvalue weighted by Crippen LogP contribution is 2.26. The third kappa shape index (κ3) is 2.18. The van der Waals surface area contributed by atoms with E-state index < -0.39 is 0 Å². The molecule has 1 aliphatic rings. The molecule has 1 N–H and O–H groups in total. The summed E-state index contributed by atoms with van der Waals surface area (Å²) in [5, 5.41) is 9.93. The van der Waals surface area contributed by atoms with E-state index in [0.717, 1.165) is 18.1 Å². The van der Waals surface area contributed by atoms with Crippen molar-refractivity contribution in [2.75, 3.05) is 6.26 Å². The van der Waals surface area contributed by atoms with Crippen LogP contribution >= 0.6 is 11.8 Å². The first kappa shape index (κ1) is 7.42. The van der Waals surface area contributed by atoms with Gasteiger partial charge in [-0.1, -0.05) is 0 Å². The predicted molar refractivity (Wildman–Crippen MR) is 41.8 cm³/mol. The Morgan fingerprint density at radius 2 is 2.22 bits per heavy atom. The zero-order valence-corrected chi connectivity index (χ0v) is 6.66. The van der Waals surface area contributed by atoms with Gasteiger partial charge in [0.1, 0.15) is 0 Å². The van der Waals surface area contributed by atoms with Crippen LogP contribution in [0.2, 0.25) is 0 Å². The molecular weight excluding hydrogens is 132 g/mol. The van der Waals surface area contributed by atoms with Gasteiger partial charge >= 0.3 is 0 Å². The number of hydrogen-bond acceptors (Lipinski definition) is 2. The fourth-order valence-corrected chi connectivity index (χ4v) is 2.15. The Morgan fingerprint density at radius 1 is 1.44 bits per heavy atom. The van der Waals surface area contributed by atoms with Crippen molar-refractivity contribution >= 4 is 11.8 Å². The SMILES string of the molecule is CSC1CCCC(O)C1. The van der Waals surface area contributed by atoms with Gasteiger partial charge in [0, 0.05) is 5.25 Å². The first-order chi connectivity index (χ1) is 4.33. The topological polar surface area (TPSA) is 20.2 Å². The molecule has 0 amide bonds. The molecule has 1 fully saturated rings. The number of aliphatic hydroxyl groups is 1. The van der Waals surface area contributed by atoms with Crippen LogP contribution in [0.5, 0.6) is 0 Å². The highest BCUT2D eigenvalue weighted by Gasteiger charge is 2.18. The average Bonchev–Trinajstić information content (AvgIpc) is 1.88. The van der Waals surface area contributed by atoms with Crippen LogP contribution in [0.3, 0.4) is 0 Å². The van der Waals surface area contributed by atoms with Gasteiger partial charge in [-0.05, 0) is 31.9 Å². The first-order valence-corrected chi connectivity index (χ1v) is 4.82. The smallest absolute Gasteiger partial charge is 0.0550 e. The van der Waals surface area contributed by atoms with Gasteiger partial charge < -0.3 is 5.11 Å². The monoisotopic (exact) mass is 146 g/mol. The maximum Gasteiger partial charge on any atom is 0.0550 e. The fourth-order valence-electron chi connectivity index (χ4n) is 1.33. The summed E-state index contributed by atoms with van der Waals surface area (Å²) in [6, 6.07) is 0. The predicted octanol–water partition coefficient (Wildman–Crippen LogP) is 1.65. The van der Waals surface area contributed by atoms with Crippen LogP contribution in [0, 0.1) is 0 Å². The Bertz CT molecular complexity index is 85.0. The maximum absolute atomic E-state index is 9.20. The lowest BCUT2D eigenvalue weighted by atomic mass is 9.97. The summed E-state index contributed by atoms with van der Waals surface area (Å²) in [7, 11) is 0. The second-order valence-corrected chi connectivity index (χ2v) is 3.82. The average molecular weight is 146 g/mol. The lowest BCUT2D eigenvalue weighted by molar-refractivity contribution is 0.133. The Balaban J connectivity index is 2.23. The summed E-state index contributed by atoms with van der Waals surface area (Å²) in [5.41, 5.74) is 0. The maximum atomic E-state index is 9.20. The van der Waals surface area contributed by atoms with Crippen LogP contribution in [0.1, 0.15) is 25.7 Å². The van der Waals surface area contributed by atoms with E-state index >= 15 is 0 Å². The lowest BCUT2D eigenvalue weighted by Gasteiger charge is -2.23. The second-order valence-electron chi connectivity index (χ2n) is 2.68. The molecule has 1 saturated carbocycles. The molecule has 2 unspecified atom stereocenters. The summed E-state index contributed by atoms with van der Waals surface area (Å²) < 4.78 is 0. The lowest BCUT2D eigenvalue weighted by Crippen LogP contribution is -2.20. The molecule has 0 aromatic carbocycles. The van der Waals surface area contributed by atoms with Crippen LogP contribution in [0.15, 0.2) is 0 Å². The molecule has 0 bridgehead atoms. The molecule has 0 saturated heterocycles. The molecule has 2 atom stereocenters. The molecule has 2 heteroatoms. The van der Waals surface area contributed by atoms with Gasteiger partial charge in [0.15, 0.2) is 0 Å². The van der Waals surface area contributed by atoms with Crippen LogP contribution in [0.4, 0.5) is 0 Å². The summed E-state index contributed by atoms with van der Waals surface area (Å²) in [5.74, 6) is 0. The Hall–Kier alpha value is 0.310. The van der Waals surface area contributed by atoms with E-state index in [9.17, 15) is 5.11 Å². The molecule has 54 valence electrons. The van der Waals surface area contributed by atoms with Gasteiger partial charge in [0.2, 0.25) is 0 Å². The Morgan fingerprint density at radius 3 is 2.67 bits per heavy atom. The summed E-state index contributed by atoms with van der Waals surface area (Å²) in [4.78, 5) is 0. The second kappa shape index (κ2) is 3.47. The first-order valence-electron chi connectivity index (χ1n) is 3.54. The Kier molecular flexibility index (Phi) is 2.86. The van der Waals surface area contributed by atoms with Gasteiger partial charge in [-0.25, -0.2) is 0 Å². The number of aliphatic hydroxyl groups excluding tert-OH is 1. The Labute approximate surface area is 60.8 Å². The number of hydrogen-bond donors (Lipinski definition) is 1. The quantitative estimate of drug-likeness (QED) is 0.607. The van der Waals surface area contributed by atoms with Gasteiger partial charge in [0.05, 0.1) is 6.10 Å². The third-order valence-electron chi connectivity index (χ3n) is 1.93. The molecule has 0 aromatic rings. The summed E-state index contributed by atoms with van der Waals surface area (Å²) in [6.45, 7) is 0. The van der Waals surface area contributed by atoms with Crippen LogP contribution in [-0.2, 0) is 0 Å². The van der Waals surface area contributed by atoms with E-state index in [0.29, 0.717) is 0 Å². The van der Waals surface area contributed by atoms with Crippen molar-refractivity contribution < 1.29 is 5.11 Å². The molecule has 1 nitrogen and oxygen atoms in total. The minimum atomic E-state index is -0.00352. The van der Waals surface area contributed by atoms with Crippen LogP contribution < -0.4 is 0 Å². The van der Waals surface area contributed by atoms with E-state index in [1.54, 1.807) is 0 Å². The van der Waals surface area contributed by atoms with E-state index in [1.807, 2.05) is 11.8 Å². The zero-order valence-electron chi connectivity index (χ0n) is 5.84. The van der Waals surface area contributed by atoms with Crippen molar-refractivity contribution in [3.8, 4) is 0 Å². The molecule has 0 spiro atoms. The van der Waals surface area contributed by atoms with E-state index in [4.69, 9.17) is 0 Å². The molecule has 0 aromatic heterocycles. The van der Waals surface area contributed by atoms with Gasteiger partial charge in [-0.2, -0.15) is 11.8 Å². The van der Waals surface area contributed by atoms with Crippen molar-refractivity contribution in [2.24, 2.45) is 0 Å². The van der Waals surface area contributed by atoms with Crippen molar-refractivity contribution in [3.05, 3.63) is 0 Å². The molecule has 1 rings (SSSR count). The highest BCUT2D eigenvalue weighted by molar-refractivity contribution is 7.99. The molecule has 0 heterocycles. The molecule has 0 radical (unpaired) electrons. The van der Waals surface area contributed by atoms with E-state index in [2.05, 4.69) is 6.26 Å².